The van der Waals surface area contributed by atoms with E-state index in [0.29, 0.717) is 32.5 Å². The van der Waals surface area contributed by atoms with Crippen LogP contribution in [0.5, 0.6) is 17.2 Å². The lowest BCUT2D eigenvalue weighted by Crippen LogP contribution is -2.03. The second-order valence-corrected chi connectivity index (χ2v) is 6.15. The summed E-state index contributed by atoms with van der Waals surface area (Å²) in [5, 5.41) is 10.6. The zero-order chi connectivity index (χ0) is 16.1. The van der Waals surface area contributed by atoms with Gasteiger partial charge in [-0.25, -0.2) is 0 Å². The van der Waals surface area contributed by atoms with Gasteiger partial charge in [-0.2, -0.15) is 0 Å². The van der Waals surface area contributed by atoms with E-state index in [1.165, 1.54) is 0 Å². The second-order valence-electron chi connectivity index (χ2n) is 5.30. The van der Waals surface area contributed by atoms with E-state index in [1.54, 1.807) is 24.3 Å². The lowest BCUT2D eigenvalue weighted by molar-refractivity contribution is 0.174. The first kappa shape index (κ1) is 14.1. The maximum Gasteiger partial charge on any atom is 0.235 e. The highest BCUT2D eigenvalue weighted by molar-refractivity contribution is 9.10. The molecule has 0 fully saturated rings. The summed E-state index contributed by atoms with van der Waals surface area (Å²) in [5.41, 5.74) is 1.36. The number of aryl methyl sites for hydroxylation is 1. The standard InChI is InChI=1S/C17H11BrO5/c1-8-4-10-14(19)15(20)16(23-17(10)11(18)5-8)9-2-3-12-13(6-9)22-7-21-12/h2-6,20H,7H2,1H3. The third kappa shape index (κ3) is 2.17. The number of hydrogen-bond acceptors (Lipinski definition) is 5. The minimum absolute atomic E-state index is 0.102. The minimum Gasteiger partial charge on any atom is -0.502 e. The molecule has 1 aliphatic rings. The number of benzene rings is 2. The Morgan fingerprint density at radius 3 is 2.74 bits per heavy atom. The molecule has 0 atom stereocenters. The Hall–Kier alpha value is -2.47. The van der Waals surface area contributed by atoms with Gasteiger partial charge >= 0.3 is 0 Å². The number of hydrogen-bond donors (Lipinski definition) is 1. The first-order valence-corrected chi connectivity index (χ1v) is 7.70. The zero-order valence-corrected chi connectivity index (χ0v) is 13.6. The van der Waals surface area contributed by atoms with Gasteiger partial charge in [0.1, 0.15) is 0 Å². The molecule has 0 radical (unpaired) electrons. The minimum atomic E-state index is -0.469. The summed E-state index contributed by atoms with van der Waals surface area (Å²) in [6.07, 6.45) is 0. The van der Waals surface area contributed by atoms with Crippen LogP contribution in [0.1, 0.15) is 5.56 Å². The Balaban J connectivity index is 2.01. The zero-order valence-electron chi connectivity index (χ0n) is 12.1. The monoisotopic (exact) mass is 374 g/mol. The van der Waals surface area contributed by atoms with Crippen molar-refractivity contribution >= 4 is 26.9 Å². The van der Waals surface area contributed by atoms with Gasteiger partial charge in [-0.3, -0.25) is 4.79 Å². The van der Waals surface area contributed by atoms with Gasteiger partial charge in [0, 0.05) is 5.56 Å². The highest BCUT2D eigenvalue weighted by atomic mass is 79.9. The summed E-state index contributed by atoms with van der Waals surface area (Å²) in [7, 11) is 0. The van der Waals surface area contributed by atoms with Gasteiger partial charge in [-0.05, 0) is 58.7 Å². The highest BCUT2D eigenvalue weighted by Gasteiger charge is 2.20. The summed E-state index contributed by atoms with van der Waals surface area (Å²) in [6.45, 7) is 2.02. The van der Waals surface area contributed by atoms with E-state index in [0.717, 1.165) is 5.56 Å². The van der Waals surface area contributed by atoms with Crippen LogP contribution in [0.3, 0.4) is 0 Å². The summed E-state index contributed by atoms with van der Waals surface area (Å²) in [6, 6.07) is 8.64. The van der Waals surface area contributed by atoms with Crippen LogP contribution < -0.4 is 14.9 Å². The van der Waals surface area contributed by atoms with Crippen molar-refractivity contribution in [3.05, 3.63) is 50.6 Å². The summed E-state index contributed by atoms with van der Waals surface area (Å²) in [5.74, 6) is 0.847. The molecular weight excluding hydrogens is 364 g/mol. The van der Waals surface area contributed by atoms with Crippen LogP contribution in [0, 0.1) is 6.92 Å². The van der Waals surface area contributed by atoms with Crippen LogP contribution in [0.4, 0.5) is 0 Å². The SMILES string of the molecule is Cc1cc(Br)c2oc(-c3ccc4c(c3)OCO4)c(O)c(=O)c2c1. The highest BCUT2D eigenvalue weighted by Crippen LogP contribution is 2.39. The number of halogens is 1. The number of ether oxygens (including phenoxy) is 2. The van der Waals surface area contributed by atoms with Gasteiger partial charge in [0.25, 0.3) is 0 Å². The van der Waals surface area contributed by atoms with Crippen molar-refractivity contribution in [2.75, 3.05) is 6.79 Å². The molecule has 5 nitrogen and oxygen atoms in total. The van der Waals surface area contributed by atoms with Gasteiger partial charge in [0.2, 0.25) is 18.0 Å². The topological polar surface area (TPSA) is 68.9 Å². The molecule has 3 aromatic rings. The van der Waals surface area contributed by atoms with Crippen LogP contribution in [0.2, 0.25) is 0 Å². The van der Waals surface area contributed by atoms with Gasteiger partial charge in [-0.15, -0.1) is 0 Å². The molecule has 0 aliphatic carbocycles. The molecule has 0 saturated heterocycles. The van der Waals surface area contributed by atoms with Gasteiger partial charge in [0.15, 0.2) is 22.8 Å². The van der Waals surface area contributed by atoms with E-state index >= 15 is 0 Å². The smallest absolute Gasteiger partial charge is 0.235 e. The fourth-order valence-corrected chi connectivity index (χ4v) is 3.27. The summed E-state index contributed by atoms with van der Waals surface area (Å²) in [4.78, 5) is 12.5. The van der Waals surface area contributed by atoms with Crippen LogP contribution in [-0.4, -0.2) is 11.9 Å². The molecule has 0 saturated carbocycles. The molecular formula is C17H11BrO5. The van der Waals surface area contributed by atoms with E-state index in [2.05, 4.69) is 15.9 Å². The molecule has 23 heavy (non-hydrogen) atoms. The molecule has 2 heterocycles. The van der Waals surface area contributed by atoms with Gasteiger partial charge < -0.3 is 19.0 Å². The van der Waals surface area contributed by atoms with Crippen LogP contribution in [0.15, 0.2) is 44.0 Å². The number of fused-ring (bicyclic) bond motifs is 2. The van der Waals surface area contributed by atoms with E-state index in [1.807, 2.05) is 13.0 Å². The van der Waals surface area contributed by atoms with Crippen molar-refractivity contribution in [2.24, 2.45) is 0 Å². The predicted molar refractivity (Wildman–Crippen MR) is 88.1 cm³/mol. The molecule has 0 unspecified atom stereocenters. The molecule has 1 aliphatic heterocycles. The molecule has 116 valence electrons. The lowest BCUT2D eigenvalue weighted by atomic mass is 10.1. The average molecular weight is 375 g/mol. The van der Waals surface area contributed by atoms with Crippen LogP contribution in [0.25, 0.3) is 22.3 Å². The van der Waals surface area contributed by atoms with E-state index < -0.39 is 11.2 Å². The third-order valence-electron chi connectivity index (χ3n) is 3.70. The number of aromatic hydroxyl groups is 1. The van der Waals surface area contributed by atoms with Gasteiger partial charge in [0.05, 0.1) is 9.86 Å². The molecule has 6 heteroatoms. The largest absolute Gasteiger partial charge is 0.502 e. The average Bonchev–Trinajstić information content (AvgIpc) is 2.99. The van der Waals surface area contributed by atoms with Crippen molar-refractivity contribution < 1.29 is 19.0 Å². The Bertz CT molecular complexity index is 1010. The van der Waals surface area contributed by atoms with Crippen molar-refractivity contribution in [2.45, 2.75) is 6.92 Å². The summed E-state index contributed by atoms with van der Waals surface area (Å²) < 4.78 is 17.1. The Labute approximate surface area is 139 Å². The first-order chi connectivity index (χ1) is 11.0. The molecule has 0 bridgehead atoms. The quantitative estimate of drug-likeness (QED) is 0.697. The van der Waals surface area contributed by atoms with Crippen molar-refractivity contribution in [1.82, 2.24) is 0 Å². The Morgan fingerprint density at radius 1 is 1.13 bits per heavy atom. The maximum atomic E-state index is 12.5. The van der Waals surface area contributed by atoms with Crippen molar-refractivity contribution in [1.29, 1.82) is 0 Å². The van der Waals surface area contributed by atoms with E-state index in [-0.39, 0.29) is 12.6 Å². The van der Waals surface area contributed by atoms with E-state index in [4.69, 9.17) is 13.9 Å². The molecule has 2 aromatic carbocycles. The van der Waals surface area contributed by atoms with E-state index in [9.17, 15) is 9.90 Å². The third-order valence-corrected chi connectivity index (χ3v) is 4.29. The van der Waals surface area contributed by atoms with Crippen LogP contribution >= 0.6 is 15.9 Å². The first-order valence-electron chi connectivity index (χ1n) is 6.90. The fraction of sp³-hybridized carbons (Fsp3) is 0.118. The van der Waals surface area contributed by atoms with Crippen LogP contribution in [-0.2, 0) is 0 Å². The van der Waals surface area contributed by atoms with Crippen molar-refractivity contribution in [3.8, 4) is 28.6 Å². The predicted octanol–water partition coefficient (Wildman–Crippen LogP) is 3.97. The lowest BCUT2D eigenvalue weighted by Gasteiger charge is -2.08. The van der Waals surface area contributed by atoms with Crippen molar-refractivity contribution in [3.63, 3.8) is 0 Å². The van der Waals surface area contributed by atoms with Gasteiger partial charge in [-0.1, -0.05) is 0 Å². The molecule has 0 amide bonds. The second kappa shape index (κ2) is 5.03. The molecule has 1 aromatic heterocycles. The number of rotatable bonds is 1. The fourth-order valence-electron chi connectivity index (χ4n) is 2.62. The normalized spacial score (nSPS) is 12.8. The Kier molecular flexibility index (Phi) is 3.09. The summed E-state index contributed by atoms with van der Waals surface area (Å²) >= 11 is 3.40. The molecule has 1 N–H and O–H groups in total. The Morgan fingerprint density at radius 2 is 1.91 bits per heavy atom. The maximum absolute atomic E-state index is 12.5. The molecule has 0 spiro atoms. The molecule has 4 rings (SSSR count).